The van der Waals surface area contributed by atoms with Gasteiger partial charge < -0.3 is 19.1 Å². The van der Waals surface area contributed by atoms with Gasteiger partial charge in [-0.1, -0.05) is 31.9 Å². The number of carbonyl (C=O) groups excluding carboxylic acids is 4. The van der Waals surface area contributed by atoms with Gasteiger partial charge in [0.2, 0.25) is 21.8 Å². The molecule has 1 N–H and O–H groups in total. The van der Waals surface area contributed by atoms with Crippen LogP contribution in [0.15, 0.2) is 30.4 Å². The Morgan fingerprint density at radius 2 is 1.81 bits per heavy atom. The van der Waals surface area contributed by atoms with Gasteiger partial charge in [0.25, 0.3) is 0 Å². The standard InChI is InChI=1S/C43H52F3N3O9S/c1-39(15-16-39)25-57-34(51)19-26-9-7-5-4-6-8-10-27-21-42(27,38(53)48-59(54,55)40(2)17-18-40)23-33(50)32-22-41(24-49(32)37(26)52)14-13-29-30-20-28(56-3)11-12-31(30)47-36(35(29)58-41)43(44,45)46/h8,10-12,20,26-27,32H,4-7,9,13-19,21-25H2,1-3H3,(H,48,53)/b10-8-/t26-,27-,32+,41-,42-/m1/s1. The van der Waals surface area contributed by atoms with Crippen molar-refractivity contribution in [1.82, 2.24) is 14.6 Å². The van der Waals surface area contributed by atoms with Crippen molar-refractivity contribution in [3.63, 3.8) is 0 Å². The zero-order chi connectivity index (χ0) is 42.2. The molecule has 3 aliphatic heterocycles. The summed E-state index contributed by atoms with van der Waals surface area (Å²) in [6, 6.07) is 3.36. The molecule has 6 aliphatic rings. The smallest absolute Gasteiger partial charge is 0.437 e. The van der Waals surface area contributed by atoms with Crippen LogP contribution in [0, 0.1) is 22.7 Å². The molecule has 3 aliphatic carbocycles. The minimum atomic E-state index is -4.90. The van der Waals surface area contributed by atoms with Crippen molar-refractivity contribution >= 4 is 44.5 Å². The number of hydrogen-bond acceptors (Lipinski definition) is 10. The molecular formula is C43H52F3N3O9S. The number of methoxy groups -OCH3 is 1. The van der Waals surface area contributed by atoms with Crippen LogP contribution in [0.5, 0.6) is 11.5 Å². The normalized spacial score (nSPS) is 30.5. The molecule has 1 aromatic carbocycles. The van der Waals surface area contributed by atoms with E-state index in [0.29, 0.717) is 43.2 Å². The number of nitrogens with zero attached hydrogens (tertiary/aromatic N) is 2. The maximum atomic E-state index is 14.8. The second-order valence-electron chi connectivity index (χ2n) is 18.6. The van der Waals surface area contributed by atoms with Crippen LogP contribution in [0.4, 0.5) is 13.2 Å². The van der Waals surface area contributed by atoms with Gasteiger partial charge >= 0.3 is 12.1 Å². The minimum Gasteiger partial charge on any atom is -0.497 e. The Morgan fingerprint density at radius 1 is 1.05 bits per heavy atom. The number of allylic oxidation sites excluding steroid dienone is 2. The van der Waals surface area contributed by atoms with E-state index in [9.17, 15) is 40.8 Å². The first kappa shape index (κ1) is 41.5. The number of rotatable bonds is 8. The molecule has 5 atom stereocenters. The Labute approximate surface area is 342 Å². The average Bonchev–Trinajstić information content (AvgIpc) is 4.15. The summed E-state index contributed by atoms with van der Waals surface area (Å²) in [5.41, 5.74) is -3.75. The number of ketones is 1. The average molecular weight is 844 g/mol. The topological polar surface area (TPSA) is 158 Å². The number of Topliss-reactive ketones (excluding diaryl/α,β-unsaturated/α-hetero) is 1. The highest BCUT2D eigenvalue weighted by atomic mass is 32.2. The van der Waals surface area contributed by atoms with Crippen molar-refractivity contribution in [3.8, 4) is 11.5 Å². The number of nitrogens with one attached hydrogen (secondary N) is 1. The number of halogens is 3. The Hall–Kier alpha value is -4.21. The van der Waals surface area contributed by atoms with Gasteiger partial charge in [0, 0.05) is 35.1 Å². The van der Waals surface area contributed by atoms with Gasteiger partial charge in [-0.25, -0.2) is 13.4 Å². The Morgan fingerprint density at radius 3 is 2.51 bits per heavy atom. The number of fused-ring (bicyclic) bond motifs is 5. The van der Waals surface area contributed by atoms with Crippen LogP contribution in [-0.2, 0) is 46.5 Å². The molecule has 8 rings (SSSR count). The number of sulfonamides is 1. The highest BCUT2D eigenvalue weighted by Gasteiger charge is 2.63. The summed E-state index contributed by atoms with van der Waals surface area (Å²) in [6.07, 6.45) is 4.32. The van der Waals surface area contributed by atoms with Crippen LogP contribution < -0.4 is 14.2 Å². The summed E-state index contributed by atoms with van der Waals surface area (Å²) < 4.78 is 89.4. The Balaban J connectivity index is 1.15. The predicted molar refractivity (Wildman–Crippen MR) is 209 cm³/mol. The maximum Gasteiger partial charge on any atom is 0.437 e. The number of aryl methyl sites for hydroxylation is 1. The molecule has 320 valence electrons. The fraction of sp³-hybridized carbons (Fsp3) is 0.651. The zero-order valence-corrected chi connectivity index (χ0v) is 34.6. The fourth-order valence-corrected chi connectivity index (χ4v) is 10.5. The maximum absolute atomic E-state index is 14.8. The van der Waals surface area contributed by atoms with E-state index in [4.69, 9.17) is 14.2 Å². The molecule has 0 bridgehead atoms. The summed E-state index contributed by atoms with van der Waals surface area (Å²) in [5.74, 6) is -3.71. The van der Waals surface area contributed by atoms with Crippen LogP contribution in [-0.4, -0.2) is 78.5 Å². The van der Waals surface area contributed by atoms with Crippen molar-refractivity contribution in [1.29, 1.82) is 0 Å². The largest absolute Gasteiger partial charge is 0.497 e. The van der Waals surface area contributed by atoms with Crippen LogP contribution in [0.1, 0.15) is 115 Å². The van der Waals surface area contributed by atoms with Gasteiger partial charge in [-0.15, -0.1) is 0 Å². The quantitative estimate of drug-likeness (QED) is 0.222. The molecule has 3 saturated carbocycles. The number of carbonyl (C=O) groups is 4. The van der Waals surface area contributed by atoms with Crippen molar-refractivity contribution < 1.29 is 55.0 Å². The number of aromatic nitrogens is 1. The van der Waals surface area contributed by atoms with Crippen LogP contribution in [0.2, 0.25) is 0 Å². The van der Waals surface area contributed by atoms with Gasteiger partial charge in [0.1, 0.15) is 11.4 Å². The highest BCUT2D eigenvalue weighted by molar-refractivity contribution is 7.91. The first-order valence-electron chi connectivity index (χ1n) is 20.8. The van der Waals surface area contributed by atoms with E-state index in [1.165, 1.54) is 24.1 Å². The van der Waals surface area contributed by atoms with Crippen LogP contribution >= 0.6 is 0 Å². The number of ether oxygens (including phenoxy) is 3. The van der Waals surface area contributed by atoms with E-state index < -0.39 is 91.3 Å². The first-order chi connectivity index (χ1) is 27.8. The number of benzene rings is 1. The lowest BCUT2D eigenvalue weighted by atomic mass is 9.85. The third-order valence-corrected chi connectivity index (χ3v) is 16.0. The minimum absolute atomic E-state index is 0.0817. The number of pyridine rings is 1. The summed E-state index contributed by atoms with van der Waals surface area (Å²) in [4.78, 5) is 62.3. The molecule has 4 heterocycles. The number of alkyl halides is 3. The number of hydrogen-bond donors (Lipinski definition) is 1. The molecule has 2 aromatic rings. The molecule has 0 unspecified atom stereocenters. The second-order valence-corrected chi connectivity index (χ2v) is 20.7. The van der Waals surface area contributed by atoms with Crippen LogP contribution in [0.3, 0.4) is 0 Å². The molecule has 0 radical (unpaired) electrons. The number of esters is 1. The highest BCUT2D eigenvalue weighted by Crippen LogP contribution is 2.58. The van der Waals surface area contributed by atoms with E-state index in [1.807, 2.05) is 19.1 Å². The van der Waals surface area contributed by atoms with Gasteiger partial charge in [-0.05, 0) is 95.2 Å². The predicted octanol–water partition coefficient (Wildman–Crippen LogP) is 6.76. The van der Waals surface area contributed by atoms with E-state index in [2.05, 4.69) is 9.71 Å². The SMILES string of the molecule is COc1ccc2nc(C(F)(F)F)c3c(c2c1)CC[C@]1(C[C@H]2C(=O)C[C@]4(C(=O)NS(=O)(=O)C5(C)CC5)C[C@H]4/C=C\CCCCC[C@H](CC(=O)OCC4(C)CC4)C(=O)N2C1)O3. The summed E-state index contributed by atoms with van der Waals surface area (Å²) in [6.45, 7) is 3.57. The van der Waals surface area contributed by atoms with Crippen molar-refractivity contribution in [2.45, 2.75) is 133 Å². The van der Waals surface area contributed by atoms with Gasteiger partial charge in [-0.3, -0.25) is 23.9 Å². The molecule has 2 amide bonds. The summed E-state index contributed by atoms with van der Waals surface area (Å²) in [5, 5.41) is 0.427. The van der Waals surface area contributed by atoms with Crippen LogP contribution in [0.25, 0.3) is 10.9 Å². The molecule has 16 heteroatoms. The van der Waals surface area contributed by atoms with Crippen molar-refractivity contribution in [3.05, 3.63) is 41.6 Å². The lowest BCUT2D eigenvalue weighted by Gasteiger charge is -2.37. The molecule has 12 nitrogen and oxygen atoms in total. The lowest BCUT2D eigenvalue weighted by Crippen LogP contribution is -2.48. The van der Waals surface area contributed by atoms with E-state index in [0.717, 1.165) is 25.7 Å². The monoisotopic (exact) mass is 843 g/mol. The molecule has 1 spiro atoms. The van der Waals surface area contributed by atoms with Gasteiger partial charge in [0.05, 0.1) is 48.4 Å². The lowest BCUT2D eigenvalue weighted by molar-refractivity contribution is -0.151. The molecule has 59 heavy (non-hydrogen) atoms. The van der Waals surface area contributed by atoms with Crippen molar-refractivity contribution in [2.24, 2.45) is 22.7 Å². The first-order valence-corrected chi connectivity index (χ1v) is 22.3. The molecule has 1 saturated heterocycles. The zero-order valence-electron chi connectivity index (χ0n) is 33.8. The molecule has 1 aromatic heterocycles. The fourth-order valence-electron chi connectivity index (χ4n) is 9.17. The molecular weight excluding hydrogens is 792 g/mol. The van der Waals surface area contributed by atoms with Gasteiger partial charge in [-0.2, -0.15) is 13.2 Å². The van der Waals surface area contributed by atoms with E-state index in [1.54, 1.807) is 13.0 Å². The van der Waals surface area contributed by atoms with E-state index in [-0.39, 0.29) is 61.8 Å². The summed E-state index contributed by atoms with van der Waals surface area (Å²) in [7, 11) is -2.59. The van der Waals surface area contributed by atoms with Crippen molar-refractivity contribution in [2.75, 3.05) is 20.3 Å². The summed E-state index contributed by atoms with van der Waals surface area (Å²) >= 11 is 0. The van der Waals surface area contributed by atoms with Gasteiger partial charge in [0.15, 0.2) is 17.2 Å². The number of amides is 2. The Bertz CT molecular complexity index is 2220. The third kappa shape index (κ3) is 8.06. The molecule has 4 fully saturated rings. The van der Waals surface area contributed by atoms with E-state index >= 15 is 0 Å². The Kier molecular flexibility index (Phi) is 10.4. The third-order valence-electron chi connectivity index (χ3n) is 13.9. The second kappa shape index (κ2) is 14.8.